The molecular formula is C9H8F4S. The summed E-state index contributed by atoms with van der Waals surface area (Å²) >= 11 is 3.95. The van der Waals surface area contributed by atoms with Crippen molar-refractivity contribution in [3.8, 4) is 0 Å². The van der Waals surface area contributed by atoms with E-state index in [-0.39, 0.29) is 5.56 Å². The molecule has 78 valence electrons. The van der Waals surface area contributed by atoms with Crippen molar-refractivity contribution in [3.63, 3.8) is 0 Å². The van der Waals surface area contributed by atoms with Crippen molar-refractivity contribution < 1.29 is 17.6 Å². The maximum absolute atomic E-state index is 13.1. The van der Waals surface area contributed by atoms with Gasteiger partial charge < -0.3 is 0 Å². The van der Waals surface area contributed by atoms with Crippen molar-refractivity contribution >= 4 is 12.6 Å². The molecule has 0 bridgehead atoms. The highest BCUT2D eigenvalue weighted by Crippen LogP contribution is 2.32. The van der Waals surface area contributed by atoms with E-state index in [0.717, 1.165) is 0 Å². The topological polar surface area (TPSA) is 0 Å². The SMILES string of the molecule is CC(C)(S)c1cc(F)c(F)c(F)c1F. The van der Waals surface area contributed by atoms with Crippen molar-refractivity contribution in [1.82, 2.24) is 0 Å². The Morgan fingerprint density at radius 3 is 1.93 bits per heavy atom. The van der Waals surface area contributed by atoms with E-state index in [4.69, 9.17) is 0 Å². The van der Waals surface area contributed by atoms with E-state index in [0.29, 0.717) is 6.07 Å². The molecule has 0 amide bonds. The first kappa shape index (κ1) is 11.4. The summed E-state index contributed by atoms with van der Waals surface area (Å²) in [6, 6.07) is 0.612. The number of halogens is 4. The molecule has 0 aliphatic carbocycles. The first-order valence-corrected chi connectivity index (χ1v) is 4.25. The zero-order valence-electron chi connectivity index (χ0n) is 7.54. The van der Waals surface area contributed by atoms with Crippen LogP contribution in [0.4, 0.5) is 17.6 Å². The molecule has 0 saturated heterocycles. The maximum Gasteiger partial charge on any atom is 0.197 e. The molecule has 0 saturated carbocycles. The first-order chi connectivity index (χ1) is 6.25. The summed E-state index contributed by atoms with van der Waals surface area (Å²) in [7, 11) is 0. The normalized spacial score (nSPS) is 11.9. The molecule has 5 heteroatoms. The second kappa shape index (κ2) is 3.46. The van der Waals surface area contributed by atoms with E-state index in [9.17, 15) is 17.6 Å². The van der Waals surface area contributed by atoms with Gasteiger partial charge in [0.05, 0.1) is 0 Å². The van der Waals surface area contributed by atoms with Gasteiger partial charge in [0.25, 0.3) is 0 Å². The van der Waals surface area contributed by atoms with E-state index >= 15 is 0 Å². The number of hydrogen-bond acceptors (Lipinski definition) is 1. The van der Waals surface area contributed by atoms with Gasteiger partial charge in [0.2, 0.25) is 0 Å². The number of hydrogen-bond donors (Lipinski definition) is 1. The molecule has 0 aliphatic rings. The molecule has 1 rings (SSSR count). The highest BCUT2D eigenvalue weighted by Gasteiger charge is 2.26. The number of rotatable bonds is 1. The van der Waals surface area contributed by atoms with Crippen LogP contribution in [0.25, 0.3) is 0 Å². The number of thiol groups is 1. The molecule has 0 spiro atoms. The van der Waals surface area contributed by atoms with Crippen molar-refractivity contribution in [2.24, 2.45) is 0 Å². The lowest BCUT2D eigenvalue weighted by Crippen LogP contribution is -2.14. The monoisotopic (exact) mass is 224 g/mol. The van der Waals surface area contributed by atoms with Crippen molar-refractivity contribution in [2.45, 2.75) is 18.6 Å². The molecule has 0 unspecified atom stereocenters. The van der Waals surface area contributed by atoms with Gasteiger partial charge in [0.1, 0.15) is 0 Å². The Morgan fingerprint density at radius 1 is 1.00 bits per heavy atom. The molecule has 0 heterocycles. The van der Waals surface area contributed by atoms with Gasteiger partial charge in [0, 0.05) is 10.3 Å². The van der Waals surface area contributed by atoms with E-state index in [1.807, 2.05) is 0 Å². The van der Waals surface area contributed by atoms with Gasteiger partial charge in [-0.15, -0.1) is 0 Å². The maximum atomic E-state index is 13.1. The van der Waals surface area contributed by atoms with Crippen LogP contribution in [0.2, 0.25) is 0 Å². The van der Waals surface area contributed by atoms with Gasteiger partial charge in [-0.3, -0.25) is 0 Å². The zero-order valence-corrected chi connectivity index (χ0v) is 8.43. The quantitative estimate of drug-likeness (QED) is 0.321. The summed E-state index contributed by atoms with van der Waals surface area (Å²) < 4.78 is 50.1. The van der Waals surface area contributed by atoms with E-state index < -0.39 is 28.0 Å². The highest BCUT2D eigenvalue weighted by atomic mass is 32.1. The largest absolute Gasteiger partial charge is 0.204 e. The van der Waals surface area contributed by atoms with Crippen LogP contribution >= 0.6 is 12.6 Å². The molecule has 0 N–H and O–H groups in total. The molecule has 1 aromatic carbocycles. The predicted molar refractivity (Wildman–Crippen MR) is 48.3 cm³/mol. The second-order valence-corrected chi connectivity index (χ2v) is 4.52. The predicted octanol–water partition coefficient (Wildman–Crippen LogP) is 3.41. The third-order valence-corrected chi connectivity index (χ3v) is 2.00. The molecular weight excluding hydrogens is 216 g/mol. The Labute approximate surface area is 84.3 Å². The lowest BCUT2D eigenvalue weighted by Gasteiger charge is -2.19. The summed E-state index contributed by atoms with van der Waals surface area (Å²) in [6.45, 7) is 2.90. The summed E-state index contributed by atoms with van der Waals surface area (Å²) in [4.78, 5) is 0. The van der Waals surface area contributed by atoms with Gasteiger partial charge in [-0.2, -0.15) is 12.6 Å². The van der Waals surface area contributed by atoms with Crippen LogP contribution in [0.1, 0.15) is 19.4 Å². The van der Waals surface area contributed by atoms with Crippen LogP contribution in [0.5, 0.6) is 0 Å². The van der Waals surface area contributed by atoms with Crippen molar-refractivity contribution in [3.05, 3.63) is 34.9 Å². The minimum Gasteiger partial charge on any atom is -0.204 e. The Kier molecular flexibility index (Phi) is 2.81. The van der Waals surface area contributed by atoms with Gasteiger partial charge in [-0.1, -0.05) is 0 Å². The van der Waals surface area contributed by atoms with E-state index in [1.54, 1.807) is 0 Å². The molecule has 0 fully saturated rings. The van der Waals surface area contributed by atoms with Gasteiger partial charge in [-0.05, 0) is 19.9 Å². The minimum absolute atomic E-state index is 0.308. The molecule has 0 nitrogen and oxygen atoms in total. The molecule has 14 heavy (non-hydrogen) atoms. The summed E-state index contributed by atoms with van der Waals surface area (Å²) in [5, 5.41) is 0. The average molecular weight is 224 g/mol. The lowest BCUT2D eigenvalue weighted by atomic mass is 10.0. The van der Waals surface area contributed by atoms with Crippen molar-refractivity contribution in [2.75, 3.05) is 0 Å². The minimum atomic E-state index is -1.80. The van der Waals surface area contributed by atoms with E-state index in [2.05, 4.69) is 12.6 Å². The van der Waals surface area contributed by atoms with Gasteiger partial charge >= 0.3 is 0 Å². The summed E-state index contributed by atoms with van der Waals surface area (Å²) in [5.74, 6) is -6.42. The zero-order chi connectivity index (χ0) is 11.1. The Bertz CT molecular complexity index is 368. The first-order valence-electron chi connectivity index (χ1n) is 3.81. The molecule has 0 aliphatic heterocycles. The van der Waals surface area contributed by atoms with Crippen LogP contribution in [0.15, 0.2) is 6.07 Å². The van der Waals surface area contributed by atoms with Crippen molar-refractivity contribution in [1.29, 1.82) is 0 Å². The van der Waals surface area contributed by atoms with Gasteiger partial charge in [0.15, 0.2) is 23.3 Å². The molecule has 1 aromatic rings. The van der Waals surface area contributed by atoms with E-state index in [1.165, 1.54) is 13.8 Å². The fraction of sp³-hybridized carbons (Fsp3) is 0.333. The van der Waals surface area contributed by atoms with Crippen LogP contribution in [-0.4, -0.2) is 0 Å². The lowest BCUT2D eigenvalue weighted by molar-refractivity contribution is 0.400. The summed E-state index contributed by atoms with van der Waals surface area (Å²) in [5.41, 5.74) is -0.308. The third-order valence-electron chi connectivity index (χ3n) is 1.76. The number of benzene rings is 1. The van der Waals surface area contributed by atoms with Gasteiger partial charge in [-0.25, -0.2) is 17.6 Å². The standard InChI is InChI=1S/C9H8F4S/c1-9(2,14)4-3-5(10)7(12)8(13)6(4)11/h3,14H,1-2H3. The smallest absolute Gasteiger partial charge is 0.197 e. The summed E-state index contributed by atoms with van der Waals surface area (Å²) in [6.07, 6.45) is 0. The molecule has 0 aromatic heterocycles. The second-order valence-electron chi connectivity index (χ2n) is 3.41. The van der Waals surface area contributed by atoms with Crippen LogP contribution in [0.3, 0.4) is 0 Å². The fourth-order valence-corrected chi connectivity index (χ4v) is 1.18. The Morgan fingerprint density at radius 2 is 1.50 bits per heavy atom. The average Bonchev–Trinajstić information content (AvgIpc) is 2.06. The third kappa shape index (κ3) is 1.87. The fourth-order valence-electron chi connectivity index (χ4n) is 1.02. The van der Waals surface area contributed by atoms with Crippen LogP contribution in [-0.2, 0) is 4.75 Å². The highest BCUT2D eigenvalue weighted by molar-refractivity contribution is 7.81. The molecule has 0 radical (unpaired) electrons. The Hall–Kier alpha value is -0.710. The van der Waals surface area contributed by atoms with Crippen LogP contribution < -0.4 is 0 Å². The Balaban J connectivity index is 3.49. The molecule has 0 atom stereocenters. The van der Waals surface area contributed by atoms with Crippen LogP contribution in [0, 0.1) is 23.3 Å².